The van der Waals surface area contributed by atoms with E-state index < -0.39 is 29.8 Å². The molecule has 2 atom stereocenters. The van der Waals surface area contributed by atoms with Crippen LogP contribution in [0.4, 0.5) is 13.2 Å². The van der Waals surface area contributed by atoms with E-state index in [-0.39, 0.29) is 30.0 Å². The van der Waals surface area contributed by atoms with Crippen LogP contribution in [0.25, 0.3) is 0 Å². The van der Waals surface area contributed by atoms with E-state index in [0.717, 1.165) is 12.5 Å². The van der Waals surface area contributed by atoms with Gasteiger partial charge < -0.3 is 14.4 Å². The lowest BCUT2D eigenvalue weighted by atomic mass is 9.97. The van der Waals surface area contributed by atoms with Gasteiger partial charge in [0.25, 0.3) is 5.91 Å². The van der Waals surface area contributed by atoms with Gasteiger partial charge in [0.1, 0.15) is 5.76 Å². The third kappa shape index (κ3) is 2.89. The Hall–Kier alpha value is -2.35. The normalized spacial score (nSPS) is 21.3. The first-order valence-corrected chi connectivity index (χ1v) is 7.34. The van der Waals surface area contributed by atoms with E-state index in [4.69, 9.17) is 4.42 Å². The molecular weight excluding hydrogens is 325 g/mol. The lowest BCUT2D eigenvalue weighted by Crippen LogP contribution is -2.33. The molecule has 1 fully saturated rings. The van der Waals surface area contributed by atoms with Crippen molar-refractivity contribution < 1.29 is 27.5 Å². The zero-order chi connectivity index (χ0) is 17.5. The fraction of sp³-hybridized carbons (Fsp3) is 0.375. The minimum atomic E-state index is -4.54. The highest BCUT2D eigenvalue weighted by molar-refractivity contribution is 5.93. The molecule has 0 bridgehead atoms. The first-order valence-electron chi connectivity index (χ1n) is 7.34. The number of nitrogens with zero attached hydrogens (tertiary/aromatic N) is 2. The number of hydrogen-bond donors (Lipinski definition) is 1. The van der Waals surface area contributed by atoms with Crippen molar-refractivity contribution >= 4 is 5.91 Å². The van der Waals surface area contributed by atoms with Gasteiger partial charge in [-0.25, -0.2) is 4.98 Å². The summed E-state index contributed by atoms with van der Waals surface area (Å²) in [5.41, 5.74) is -0.798. The predicted octanol–water partition coefficient (Wildman–Crippen LogP) is 2.95. The molecule has 3 rings (SSSR count). The van der Waals surface area contributed by atoms with Gasteiger partial charge in [0.15, 0.2) is 12.1 Å². The Morgan fingerprint density at radius 3 is 2.71 bits per heavy atom. The SMILES string of the molecule is Cc1ocnc1C(=O)N1C[C@H](O)C[C@@H]1c1ccccc1C(F)(F)F. The van der Waals surface area contributed by atoms with Crippen LogP contribution in [0, 0.1) is 6.92 Å². The summed E-state index contributed by atoms with van der Waals surface area (Å²) in [6, 6.07) is 4.22. The number of halogens is 3. The maximum atomic E-state index is 13.3. The maximum absolute atomic E-state index is 13.3. The Kier molecular flexibility index (Phi) is 4.08. The third-order valence-electron chi connectivity index (χ3n) is 4.11. The van der Waals surface area contributed by atoms with Gasteiger partial charge in [-0.15, -0.1) is 0 Å². The Labute approximate surface area is 135 Å². The van der Waals surface area contributed by atoms with Crippen molar-refractivity contribution in [1.29, 1.82) is 0 Å². The van der Waals surface area contributed by atoms with Crippen LogP contribution in [0.1, 0.15) is 39.8 Å². The number of oxazole rings is 1. The van der Waals surface area contributed by atoms with E-state index in [1.165, 1.54) is 23.1 Å². The summed E-state index contributed by atoms with van der Waals surface area (Å²) in [5, 5.41) is 9.92. The van der Waals surface area contributed by atoms with E-state index in [1.54, 1.807) is 6.92 Å². The summed E-state index contributed by atoms with van der Waals surface area (Å²) < 4.78 is 44.8. The van der Waals surface area contributed by atoms with Crippen LogP contribution >= 0.6 is 0 Å². The van der Waals surface area contributed by atoms with Crippen LogP contribution in [0.5, 0.6) is 0 Å². The second-order valence-corrected chi connectivity index (χ2v) is 5.71. The van der Waals surface area contributed by atoms with Crippen molar-refractivity contribution in [2.45, 2.75) is 31.7 Å². The zero-order valence-electron chi connectivity index (χ0n) is 12.7. The van der Waals surface area contributed by atoms with Crippen LogP contribution in [0.3, 0.4) is 0 Å². The number of amides is 1. The van der Waals surface area contributed by atoms with E-state index in [0.29, 0.717) is 0 Å². The molecule has 1 aromatic heterocycles. The highest BCUT2D eigenvalue weighted by Crippen LogP contribution is 2.40. The third-order valence-corrected chi connectivity index (χ3v) is 4.11. The molecule has 128 valence electrons. The molecule has 0 saturated carbocycles. The Bertz CT molecular complexity index is 757. The Morgan fingerprint density at radius 1 is 1.38 bits per heavy atom. The van der Waals surface area contributed by atoms with Gasteiger partial charge in [0, 0.05) is 6.54 Å². The van der Waals surface area contributed by atoms with Gasteiger partial charge in [-0.2, -0.15) is 13.2 Å². The summed E-state index contributed by atoms with van der Waals surface area (Å²) >= 11 is 0. The average molecular weight is 340 g/mol. The fourth-order valence-corrected chi connectivity index (χ4v) is 3.03. The van der Waals surface area contributed by atoms with E-state index in [2.05, 4.69) is 4.98 Å². The second kappa shape index (κ2) is 5.94. The van der Waals surface area contributed by atoms with Crippen molar-refractivity contribution in [2.75, 3.05) is 6.54 Å². The summed E-state index contributed by atoms with van der Waals surface area (Å²) in [6.45, 7) is 1.49. The second-order valence-electron chi connectivity index (χ2n) is 5.71. The van der Waals surface area contributed by atoms with E-state index in [1.807, 2.05) is 0 Å². The van der Waals surface area contributed by atoms with Crippen molar-refractivity contribution in [1.82, 2.24) is 9.88 Å². The lowest BCUT2D eigenvalue weighted by Gasteiger charge is -2.26. The van der Waals surface area contributed by atoms with Gasteiger partial charge >= 0.3 is 6.18 Å². The number of β-amino-alcohol motifs (C(OH)–C–C–N with tert-alkyl or cyclic N) is 1. The summed E-state index contributed by atoms with van der Waals surface area (Å²) in [6.07, 6.45) is -4.29. The number of carbonyl (C=O) groups excluding carboxylic acids is 1. The van der Waals surface area contributed by atoms with Gasteiger partial charge in [0.2, 0.25) is 0 Å². The number of carbonyl (C=O) groups is 1. The largest absolute Gasteiger partial charge is 0.448 e. The van der Waals surface area contributed by atoms with Gasteiger partial charge in [-0.05, 0) is 25.0 Å². The molecular formula is C16H15F3N2O3. The maximum Gasteiger partial charge on any atom is 0.416 e. The fourth-order valence-electron chi connectivity index (χ4n) is 3.03. The summed E-state index contributed by atoms with van der Waals surface area (Å²) in [4.78, 5) is 17.7. The van der Waals surface area contributed by atoms with Crippen LogP contribution in [-0.4, -0.2) is 33.5 Å². The highest BCUT2D eigenvalue weighted by atomic mass is 19.4. The Morgan fingerprint density at radius 2 is 2.08 bits per heavy atom. The molecule has 0 spiro atoms. The molecule has 0 aliphatic carbocycles. The van der Waals surface area contributed by atoms with E-state index >= 15 is 0 Å². The van der Waals surface area contributed by atoms with Crippen molar-refractivity contribution in [3.63, 3.8) is 0 Å². The quantitative estimate of drug-likeness (QED) is 0.913. The molecule has 5 nitrogen and oxygen atoms in total. The molecule has 2 aromatic rings. The monoisotopic (exact) mass is 340 g/mol. The van der Waals surface area contributed by atoms with Gasteiger partial charge in [-0.3, -0.25) is 4.79 Å². The predicted molar refractivity (Wildman–Crippen MR) is 77.1 cm³/mol. The van der Waals surface area contributed by atoms with Crippen LogP contribution < -0.4 is 0 Å². The number of aliphatic hydroxyl groups excluding tert-OH is 1. The smallest absolute Gasteiger partial charge is 0.416 e. The zero-order valence-corrected chi connectivity index (χ0v) is 12.7. The lowest BCUT2D eigenvalue weighted by molar-refractivity contribution is -0.138. The van der Waals surface area contributed by atoms with Gasteiger partial charge in [-0.1, -0.05) is 18.2 Å². The van der Waals surface area contributed by atoms with E-state index in [9.17, 15) is 23.1 Å². The molecule has 1 amide bonds. The number of aromatic nitrogens is 1. The first kappa shape index (κ1) is 16.5. The molecule has 0 radical (unpaired) electrons. The number of aliphatic hydroxyl groups is 1. The number of hydrogen-bond acceptors (Lipinski definition) is 4. The summed E-state index contributed by atoms with van der Waals surface area (Å²) in [5.74, 6) is -0.274. The molecule has 2 heterocycles. The van der Waals surface area contributed by atoms with Crippen molar-refractivity contribution in [3.8, 4) is 0 Å². The minimum absolute atomic E-state index is 0.0314. The molecule has 8 heteroatoms. The minimum Gasteiger partial charge on any atom is -0.448 e. The molecule has 1 aliphatic rings. The van der Waals surface area contributed by atoms with Crippen molar-refractivity contribution in [2.24, 2.45) is 0 Å². The molecule has 1 saturated heterocycles. The number of rotatable bonds is 2. The number of aryl methyl sites for hydroxylation is 1. The standard InChI is InChI=1S/C16H15F3N2O3/c1-9-14(20-8-24-9)15(23)21-7-10(22)6-13(21)11-4-2-3-5-12(11)16(17,18)19/h2-5,8,10,13,22H,6-7H2,1H3/t10-,13-/m1/s1. The molecule has 1 aromatic carbocycles. The topological polar surface area (TPSA) is 66.6 Å². The number of likely N-dealkylation sites (tertiary alicyclic amines) is 1. The highest BCUT2D eigenvalue weighted by Gasteiger charge is 2.42. The Balaban J connectivity index is 2.01. The van der Waals surface area contributed by atoms with Crippen LogP contribution in [-0.2, 0) is 6.18 Å². The first-order chi connectivity index (χ1) is 11.3. The molecule has 1 aliphatic heterocycles. The average Bonchev–Trinajstić information content (AvgIpc) is 3.11. The van der Waals surface area contributed by atoms with Crippen LogP contribution in [0.15, 0.2) is 35.1 Å². The van der Waals surface area contributed by atoms with Gasteiger partial charge in [0.05, 0.1) is 17.7 Å². The van der Waals surface area contributed by atoms with Crippen molar-refractivity contribution in [3.05, 3.63) is 53.2 Å². The number of alkyl halides is 3. The molecule has 0 unspecified atom stereocenters. The summed E-state index contributed by atoms with van der Waals surface area (Å²) in [7, 11) is 0. The van der Waals surface area contributed by atoms with Crippen LogP contribution in [0.2, 0.25) is 0 Å². The number of benzene rings is 1. The molecule has 24 heavy (non-hydrogen) atoms. The molecule has 1 N–H and O–H groups in total.